The number of aryl methyl sites for hydroxylation is 1. The van der Waals surface area contributed by atoms with Crippen LogP contribution in [0.1, 0.15) is 49.9 Å². The number of sulfone groups is 1. The Bertz CT molecular complexity index is 1220. The minimum atomic E-state index is -3.30. The minimum absolute atomic E-state index is 0. The van der Waals surface area contributed by atoms with Crippen molar-refractivity contribution in [3.05, 3.63) is 65.4 Å². The molecule has 5 nitrogen and oxygen atoms in total. The number of fused-ring (bicyclic) bond motifs is 1. The van der Waals surface area contributed by atoms with Crippen molar-refractivity contribution in [3.8, 4) is 17.0 Å². The number of hydrogen-bond donors (Lipinski definition) is 1. The number of rotatable bonds is 8. The number of anilines is 1. The van der Waals surface area contributed by atoms with Crippen molar-refractivity contribution in [1.29, 1.82) is 0 Å². The number of hydrogen-bond acceptors (Lipinski definition) is 4. The van der Waals surface area contributed by atoms with Gasteiger partial charge in [-0.3, -0.25) is 0 Å². The summed E-state index contributed by atoms with van der Waals surface area (Å²) in [5, 5.41) is 0. The molecule has 0 aliphatic heterocycles. The lowest BCUT2D eigenvalue weighted by Crippen LogP contribution is -2.24. The molecule has 0 saturated carbocycles. The molecular weight excluding hydrogens is 468 g/mol. The first-order chi connectivity index (χ1) is 16.0. The van der Waals surface area contributed by atoms with Gasteiger partial charge in [-0.15, -0.1) is 12.4 Å². The van der Waals surface area contributed by atoms with Crippen LogP contribution >= 0.6 is 12.4 Å². The van der Waals surface area contributed by atoms with Gasteiger partial charge in [-0.1, -0.05) is 25.5 Å². The molecule has 3 aromatic rings. The fraction of sp³-hybridized carbons (Fsp3) is 0.407. The molecule has 0 spiro atoms. The van der Waals surface area contributed by atoms with Crippen LogP contribution in [0.3, 0.4) is 0 Å². The highest BCUT2D eigenvalue weighted by molar-refractivity contribution is 7.91. The van der Waals surface area contributed by atoms with E-state index < -0.39 is 9.84 Å². The zero-order chi connectivity index (χ0) is 23.4. The van der Waals surface area contributed by atoms with Gasteiger partial charge >= 0.3 is 0 Å². The normalized spacial score (nSPS) is 13.5. The number of nitrogens with one attached hydrogen (secondary N) is 1. The predicted octanol–water partition coefficient (Wildman–Crippen LogP) is 6.20. The maximum atomic E-state index is 12.4. The van der Waals surface area contributed by atoms with Gasteiger partial charge in [0.25, 0.3) is 0 Å². The molecular formula is C27H35ClN2O3S. The molecule has 184 valence electrons. The summed E-state index contributed by atoms with van der Waals surface area (Å²) in [6, 6.07) is 15.9. The molecule has 0 amide bonds. The standard InChI is InChI=1S/C27H34N2O3S.ClH/c1-4-29(26-13-9-11-20-10-7-6-8-12-23(20)26)19-21-14-16-25(28-21)24-18-22(33(30,31)5-2)15-17-27(24)32-3;/h9,11,13-18,28H,4-8,10,12,19H2,1-3H3;1H. The molecule has 1 aliphatic rings. The highest BCUT2D eigenvalue weighted by atomic mass is 35.5. The first kappa shape index (κ1) is 26.2. The molecule has 1 heterocycles. The molecule has 4 rings (SSSR count). The molecule has 1 aromatic heterocycles. The molecule has 0 atom stereocenters. The average molecular weight is 503 g/mol. The summed E-state index contributed by atoms with van der Waals surface area (Å²) < 4.78 is 30.4. The van der Waals surface area contributed by atoms with E-state index in [-0.39, 0.29) is 18.2 Å². The van der Waals surface area contributed by atoms with Gasteiger partial charge in [-0.25, -0.2) is 8.42 Å². The summed E-state index contributed by atoms with van der Waals surface area (Å²) >= 11 is 0. The van der Waals surface area contributed by atoms with E-state index in [0.29, 0.717) is 10.6 Å². The Morgan fingerprint density at radius 2 is 1.79 bits per heavy atom. The zero-order valence-electron chi connectivity index (χ0n) is 20.3. The number of methoxy groups -OCH3 is 1. The van der Waals surface area contributed by atoms with E-state index in [1.165, 1.54) is 42.5 Å². The second-order valence-corrected chi connectivity index (χ2v) is 10.9. The topological polar surface area (TPSA) is 62.4 Å². The predicted molar refractivity (Wildman–Crippen MR) is 142 cm³/mol. The number of aromatic nitrogens is 1. The highest BCUT2D eigenvalue weighted by Gasteiger charge is 2.19. The Hall–Kier alpha value is -2.44. The smallest absolute Gasteiger partial charge is 0.178 e. The Labute approximate surface area is 209 Å². The van der Waals surface area contributed by atoms with Crippen LogP contribution in [0.25, 0.3) is 11.3 Å². The number of aromatic amines is 1. The summed E-state index contributed by atoms with van der Waals surface area (Å²) in [7, 11) is -1.69. The third kappa shape index (κ3) is 5.44. The van der Waals surface area contributed by atoms with Crippen molar-refractivity contribution in [2.45, 2.75) is 57.4 Å². The van der Waals surface area contributed by atoms with Crippen molar-refractivity contribution in [1.82, 2.24) is 4.98 Å². The first-order valence-electron chi connectivity index (χ1n) is 11.9. The molecule has 1 aliphatic carbocycles. The van der Waals surface area contributed by atoms with Gasteiger partial charge in [0.1, 0.15) is 5.75 Å². The summed E-state index contributed by atoms with van der Waals surface area (Å²) in [5.41, 5.74) is 7.04. The molecule has 0 fully saturated rings. The molecule has 0 bridgehead atoms. The van der Waals surface area contributed by atoms with E-state index in [0.717, 1.165) is 36.5 Å². The van der Waals surface area contributed by atoms with Gasteiger partial charge in [0, 0.05) is 29.2 Å². The number of benzene rings is 2. The van der Waals surface area contributed by atoms with Crippen LogP contribution in [0.5, 0.6) is 5.75 Å². The molecule has 0 radical (unpaired) electrons. The van der Waals surface area contributed by atoms with Crippen LogP contribution in [0.4, 0.5) is 5.69 Å². The lowest BCUT2D eigenvalue weighted by atomic mass is 10.00. The Kier molecular flexibility index (Phi) is 8.72. The Morgan fingerprint density at radius 3 is 2.53 bits per heavy atom. The molecule has 1 N–H and O–H groups in total. The lowest BCUT2D eigenvalue weighted by molar-refractivity contribution is 0.416. The van der Waals surface area contributed by atoms with E-state index in [2.05, 4.69) is 41.1 Å². The number of ether oxygens (including phenoxy) is 1. The molecule has 0 unspecified atom stereocenters. The van der Waals surface area contributed by atoms with Crippen LogP contribution in [-0.2, 0) is 29.2 Å². The number of halogens is 1. The molecule has 0 saturated heterocycles. The molecule has 2 aromatic carbocycles. The second kappa shape index (κ2) is 11.3. The van der Waals surface area contributed by atoms with Crippen LogP contribution in [0.2, 0.25) is 0 Å². The second-order valence-electron chi connectivity index (χ2n) is 8.65. The van der Waals surface area contributed by atoms with Crippen molar-refractivity contribution in [2.75, 3.05) is 24.3 Å². The van der Waals surface area contributed by atoms with E-state index >= 15 is 0 Å². The van der Waals surface area contributed by atoms with E-state index in [1.807, 2.05) is 6.07 Å². The number of nitrogens with zero attached hydrogens (tertiary/aromatic N) is 1. The van der Waals surface area contributed by atoms with Gasteiger partial charge in [0.05, 0.1) is 24.3 Å². The first-order valence-corrected chi connectivity index (χ1v) is 13.6. The van der Waals surface area contributed by atoms with Crippen molar-refractivity contribution < 1.29 is 13.2 Å². The van der Waals surface area contributed by atoms with Crippen molar-refractivity contribution in [3.63, 3.8) is 0 Å². The van der Waals surface area contributed by atoms with Crippen LogP contribution in [-0.4, -0.2) is 32.8 Å². The Balaban J connectivity index is 0.00000324. The third-order valence-corrected chi connectivity index (χ3v) is 8.38. The van der Waals surface area contributed by atoms with E-state index in [9.17, 15) is 8.42 Å². The summed E-state index contributed by atoms with van der Waals surface area (Å²) in [5.74, 6) is 0.723. The average Bonchev–Trinajstić information content (AvgIpc) is 3.17. The van der Waals surface area contributed by atoms with Crippen LogP contribution in [0.15, 0.2) is 53.4 Å². The van der Waals surface area contributed by atoms with Crippen molar-refractivity contribution in [2.24, 2.45) is 0 Å². The lowest BCUT2D eigenvalue weighted by Gasteiger charge is -2.26. The van der Waals surface area contributed by atoms with Crippen molar-refractivity contribution >= 4 is 27.9 Å². The van der Waals surface area contributed by atoms with Gasteiger partial charge in [-0.2, -0.15) is 0 Å². The maximum Gasteiger partial charge on any atom is 0.178 e. The number of H-pyrrole nitrogens is 1. The van der Waals surface area contributed by atoms with Crippen LogP contribution < -0.4 is 9.64 Å². The monoisotopic (exact) mass is 502 g/mol. The Morgan fingerprint density at radius 1 is 1.00 bits per heavy atom. The third-order valence-electron chi connectivity index (χ3n) is 6.65. The zero-order valence-corrected chi connectivity index (χ0v) is 21.9. The van der Waals surface area contributed by atoms with Gasteiger partial charge < -0.3 is 14.6 Å². The summed E-state index contributed by atoms with van der Waals surface area (Å²) in [6.07, 6.45) is 6.15. The quantitative estimate of drug-likeness (QED) is 0.372. The highest BCUT2D eigenvalue weighted by Crippen LogP contribution is 2.34. The van der Waals surface area contributed by atoms with Gasteiger partial charge in [0.2, 0.25) is 0 Å². The van der Waals surface area contributed by atoms with Gasteiger partial charge in [0.15, 0.2) is 9.84 Å². The minimum Gasteiger partial charge on any atom is -0.496 e. The largest absolute Gasteiger partial charge is 0.496 e. The molecule has 34 heavy (non-hydrogen) atoms. The SMILES string of the molecule is CCN(Cc1ccc(-c2cc(S(=O)(=O)CC)ccc2OC)[nH]1)c1cccc2c1CCCCC2.Cl. The fourth-order valence-electron chi connectivity index (χ4n) is 4.75. The van der Waals surface area contributed by atoms with Gasteiger partial charge in [-0.05, 0) is 80.1 Å². The molecule has 7 heteroatoms. The van der Waals surface area contributed by atoms with Crippen LogP contribution in [0, 0.1) is 0 Å². The maximum absolute atomic E-state index is 12.4. The summed E-state index contributed by atoms with van der Waals surface area (Å²) in [4.78, 5) is 6.26. The fourth-order valence-corrected chi connectivity index (χ4v) is 5.66. The van der Waals surface area contributed by atoms with E-state index in [1.54, 1.807) is 32.2 Å². The summed E-state index contributed by atoms with van der Waals surface area (Å²) in [6.45, 7) is 5.54. The van der Waals surface area contributed by atoms with E-state index in [4.69, 9.17) is 4.74 Å².